The van der Waals surface area contributed by atoms with Crippen LogP contribution in [0.25, 0.3) is 10.9 Å². The Labute approximate surface area is 131 Å². The van der Waals surface area contributed by atoms with Crippen molar-refractivity contribution in [2.24, 2.45) is 0 Å². The van der Waals surface area contributed by atoms with Crippen LogP contribution in [0.1, 0.15) is 16.2 Å². The van der Waals surface area contributed by atoms with Gasteiger partial charge in [-0.1, -0.05) is 0 Å². The van der Waals surface area contributed by atoms with Crippen molar-refractivity contribution < 1.29 is 14.3 Å². The molecule has 0 spiro atoms. The molecule has 0 atom stereocenters. The molecule has 0 radical (unpaired) electrons. The predicted octanol–water partition coefficient (Wildman–Crippen LogP) is 3.20. The molecule has 2 heterocycles. The Morgan fingerprint density at radius 1 is 1.23 bits per heavy atom. The summed E-state index contributed by atoms with van der Waals surface area (Å²) in [5, 5.41) is 6.11. The van der Waals surface area contributed by atoms with Crippen LogP contribution < -0.4 is 14.8 Å². The minimum absolute atomic E-state index is 0.233. The standard InChI is InChI=1S/C15H15N3O3S/c1-8-7-22-15(16-8)18-14(19)11-4-9-5-12(20-2)13(21-3)6-10(9)17-11/h4-7,17H,1-3H3,(H,16,18,19). The van der Waals surface area contributed by atoms with E-state index in [9.17, 15) is 4.79 Å². The van der Waals surface area contributed by atoms with E-state index in [2.05, 4.69) is 15.3 Å². The summed E-state index contributed by atoms with van der Waals surface area (Å²) < 4.78 is 10.5. The second kappa shape index (κ2) is 5.69. The Balaban J connectivity index is 1.92. The lowest BCUT2D eigenvalue weighted by molar-refractivity contribution is 0.102. The van der Waals surface area contributed by atoms with E-state index in [1.54, 1.807) is 26.4 Å². The summed E-state index contributed by atoms with van der Waals surface area (Å²) in [4.78, 5) is 19.6. The van der Waals surface area contributed by atoms with Crippen molar-refractivity contribution in [3.8, 4) is 11.5 Å². The molecule has 2 aromatic heterocycles. The number of nitrogens with one attached hydrogen (secondary N) is 2. The van der Waals surface area contributed by atoms with Gasteiger partial charge in [-0.05, 0) is 19.1 Å². The van der Waals surface area contributed by atoms with Crippen molar-refractivity contribution in [1.82, 2.24) is 9.97 Å². The molecular formula is C15H15N3O3S. The Hall–Kier alpha value is -2.54. The summed E-state index contributed by atoms with van der Waals surface area (Å²) in [7, 11) is 3.15. The molecule has 0 saturated carbocycles. The van der Waals surface area contributed by atoms with Gasteiger partial charge in [0.15, 0.2) is 16.6 Å². The summed E-state index contributed by atoms with van der Waals surface area (Å²) in [6.45, 7) is 1.88. The number of ether oxygens (including phenoxy) is 2. The van der Waals surface area contributed by atoms with Crippen LogP contribution in [0.15, 0.2) is 23.6 Å². The van der Waals surface area contributed by atoms with Crippen LogP contribution in [0.4, 0.5) is 5.13 Å². The monoisotopic (exact) mass is 317 g/mol. The molecule has 2 N–H and O–H groups in total. The summed E-state index contributed by atoms with van der Waals surface area (Å²) in [5.41, 5.74) is 2.14. The first-order chi connectivity index (χ1) is 10.6. The Kier molecular flexibility index (Phi) is 3.72. The number of benzene rings is 1. The molecule has 114 valence electrons. The molecule has 1 aromatic carbocycles. The Bertz CT molecular complexity index is 797. The lowest BCUT2D eigenvalue weighted by Gasteiger charge is -2.06. The number of amides is 1. The number of hydrogen-bond donors (Lipinski definition) is 2. The number of rotatable bonds is 4. The van der Waals surface area contributed by atoms with Crippen LogP contribution in [-0.2, 0) is 0 Å². The predicted molar refractivity (Wildman–Crippen MR) is 86.2 cm³/mol. The van der Waals surface area contributed by atoms with E-state index >= 15 is 0 Å². The maximum Gasteiger partial charge on any atom is 0.273 e. The first-order valence-electron chi connectivity index (χ1n) is 6.59. The van der Waals surface area contributed by atoms with Crippen molar-refractivity contribution in [3.63, 3.8) is 0 Å². The molecule has 0 fully saturated rings. The van der Waals surface area contributed by atoms with Gasteiger partial charge in [0.25, 0.3) is 5.91 Å². The van der Waals surface area contributed by atoms with Crippen LogP contribution >= 0.6 is 11.3 Å². The van der Waals surface area contributed by atoms with Crippen LogP contribution in [0, 0.1) is 6.92 Å². The fourth-order valence-corrected chi connectivity index (χ4v) is 2.84. The third-order valence-electron chi connectivity index (χ3n) is 3.21. The number of fused-ring (bicyclic) bond motifs is 1. The van der Waals surface area contributed by atoms with Crippen LogP contribution in [0.3, 0.4) is 0 Å². The number of H-pyrrole nitrogens is 1. The van der Waals surface area contributed by atoms with Gasteiger partial charge in [-0.3, -0.25) is 10.1 Å². The molecule has 22 heavy (non-hydrogen) atoms. The number of methoxy groups -OCH3 is 2. The SMILES string of the molecule is COc1cc2cc(C(=O)Nc3nc(C)cs3)[nH]c2cc1OC. The Morgan fingerprint density at radius 2 is 1.95 bits per heavy atom. The zero-order chi connectivity index (χ0) is 15.7. The second-order valence-electron chi connectivity index (χ2n) is 4.73. The van der Waals surface area contributed by atoms with Gasteiger partial charge in [0.1, 0.15) is 5.69 Å². The van der Waals surface area contributed by atoms with Gasteiger partial charge in [-0.15, -0.1) is 11.3 Å². The van der Waals surface area contributed by atoms with Crippen LogP contribution in [0.5, 0.6) is 11.5 Å². The van der Waals surface area contributed by atoms with Gasteiger partial charge >= 0.3 is 0 Å². The normalized spacial score (nSPS) is 10.7. The molecule has 1 amide bonds. The van der Waals surface area contributed by atoms with E-state index in [4.69, 9.17) is 9.47 Å². The number of aryl methyl sites for hydroxylation is 1. The quantitative estimate of drug-likeness (QED) is 0.775. The number of aromatic nitrogens is 2. The number of hydrogen-bond acceptors (Lipinski definition) is 5. The van der Waals surface area contributed by atoms with Gasteiger partial charge in [0.2, 0.25) is 0 Å². The largest absolute Gasteiger partial charge is 0.493 e. The summed E-state index contributed by atoms with van der Waals surface area (Å²) in [6.07, 6.45) is 0. The Morgan fingerprint density at radius 3 is 2.59 bits per heavy atom. The number of carbonyl (C=O) groups excluding carboxylic acids is 1. The topological polar surface area (TPSA) is 76.2 Å². The van der Waals surface area contributed by atoms with E-state index in [0.29, 0.717) is 22.3 Å². The van der Waals surface area contributed by atoms with Crippen LogP contribution in [-0.4, -0.2) is 30.1 Å². The van der Waals surface area contributed by atoms with E-state index in [0.717, 1.165) is 16.6 Å². The average molecular weight is 317 g/mol. The van der Waals surface area contributed by atoms with E-state index < -0.39 is 0 Å². The highest BCUT2D eigenvalue weighted by molar-refractivity contribution is 7.13. The second-order valence-corrected chi connectivity index (χ2v) is 5.58. The fraction of sp³-hybridized carbons (Fsp3) is 0.200. The average Bonchev–Trinajstić information content (AvgIpc) is 3.11. The molecule has 0 aliphatic rings. The minimum atomic E-state index is -0.233. The van der Waals surface area contributed by atoms with Crippen molar-refractivity contribution in [3.05, 3.63) is 35.0 Å². The zero-order valence-electron chi connectivity index (χ0n) is 12.4. The van der Waals surface area contributed by atoms with Gasteiger partial charge in [0.05, 0.1) is 19.9 Å². The third kappa shape index (κ3) is 2.62. The molecule has 6 nitrogen and oxygen atoms in total. The lowest BCUT2D eigenvalue weighted by Crippen LogP contribution is -2.11. The van der Waals surface area contributed by atoms with Gasteiger partial charge in [-0.2, -0.15) is 0 Å². The smallest absolute Gasteiger partial charge is 0.273 e. The fourth-order valence-electron chi connectivity index (χ4n) is 2.16. The van der Waals surface area contributed by atoms with E-state index in [1.165, 1.54) is 11.3 Å². The van der Waals surface area contributed by atoms with Gasteiger partial charge < -0.3 is 14.5 Å². The van der Waals surface area contributed by atoms with Crippen molar-refractivity contribution in [2.45, 2.75) is 6.92 Å². The summed E-state index contributed by atoms with van der Waals surface area (Å²) in [5.74, 6) is 0.999. The highest BCUT2D eigenvalue weighted by Crippen LogP contribution is 2.32. The number of thiazole rings is 1. The maximum absolute atomic E-state index is 12.3. The number of anilines is 1. The van der Waals surface area contributed by atoms with Crippen molar-refractivity contribution in [2.75, 3.05) is 19.5 Å². The third-order valence-corrected chi connectivity index (χ3v) is 4.08. The molecule has 7 heteroatoms. The van der Waals surface area contributed by atoms with Gasteiger partial charge in [-0.25, -0.2) is 4.98 Å². The summed E-state index contributed by atoms with van der Waals surface area (Å²) in [6, 6.07) is 5.40. The maximum atomic E-state index is 12.3. The van der Waals surface area contributed by atoms with Crippen molar-refractivity contribution >= 4 is 33.3 Å². The van der Waals surface area contributed by atoms with Crippen LogP contribution in [0.2, 0.25) is 0 Å². The molecule has 0 saturated heterocycles. The molecule has 3 aromatic rings. The van der Waals surface area contributed by atoms with Gasteiger partial charge in [0, 0.05) is 22.3 Å². The first-order valence-corrected chi connectivity index (χ1v) is 7.47. The highest BCUT2D eigenvalue weighted by atomic mass is 32.1. The molecular weight excluding hydrogens is 302 g/mol. The van der Waals surface area contributed by atoms with E-state index in [-0.39, 0.29) is 5.91 Å². The summed E-state index contributed by atoms with van der Waals surface area (Å²) >= 11 is 1.39. The number of aromatic amines is 1. The molecule has 0 unspecified atom stereocenters. The first kappa shape index (κ1) is 14.4. The minimum Gasteiger partial charge on any atom is -0.493 e. The molecule has 0 aliphatic heterocycles. The lowest BCUT2D eigenvalue weighted by atomic mass is 10.2. The number of carbonyl (C=O) groups is 1. The highest BCUT2D eigenvalue weighted by Gasteiger charge is 2.14. The molecule has 0 aliphatic carbocycles. The molecule has 0 bridgehead atoms. The number of nitrogens with zero attached hydrogens (tertiary/aromatic N) is 1. The zero-order valence-corrected chi connectivity index (χ0v) is 13.2. The molecule has 3 rings (SSSR count). The van der Waals surface area contributed by atoms with E-state index in [1.807, 2.05) is 18.4 Å². The van der Waals surface area contributed by atoms with Crippen molar-refractivity contribution in [1.29, 1.82) is 0 Å².